The molecule has 0 radical (unpaired) electrons. The van der Waals surface area contributed by atoms with Crippen molar-refractivity contribution in [3.8, 4) is 6.07 Å². The molecule has 6 heteroatoms. The van der Waals surface area contributed by atoms with Crippen molar-refractivity contribution in [1.29, 1.82) is 5.26 Å². The van der Waals surface area contributed by atoms with Crippen LogP contribution in [0.1, 0.15) is 24.0 Å². The van der Waals surface area contributed by atoms with Gasteiger partial charge in [0.15, 0.2) is 0 Å². The highest BCUT2D eigenvalue weighted by molar-refractivity contribution is 9.10. The number of allylic oxidation sites excluding steroid dienone is 1. The lowest BCUT2D eigenvalue weighted by Gasteiger charge is -2.28. The van der Waals surface area contributed by atoms with Crippen molar-refractivity contribution in [3.05, 3.63) is 87.2 Å². The molecule has 0 unspecified atom stereocenters. The minimum atomic E-state index is -0.675. The number of carbonyl (C=O) groups is 1. The van der Waals surface area contributed by atoms with Crippen LogP contribution in [0.2, 0.25) is 0 Å². The SMILES string of the molecule is CCOC(=O)C1=C(c2ccccc2)OC(N)=C(C#N)[C@@H]1c1ccc(Br)cc1. The standard InChI is InChI=1S/C21H17BrN2O3/c1-2-26-21(25)18-17(13-8-10-15(22)11-9-13)16(12-23)20(24)27-19(18)14-6-4-3-5-7-14/h3-11,17H,2,24H2,1H3/t17-/m0/s1. The Kier molecular flexibility index (Phi) is 5.63. The number of rotatable bonds is 4. The van der Waals surface area contributed by atoms with E-state index >= 15 is 0 Å². The smallest absolute Gasteiger partial charge is 0.338 e. The second kappa shape index (κ2) is 8.11. The molecule has 0 amide bonds. The van der Waals surface area contributed by atoms with E-state index in [9.17, 15) is 10.1 Å². The van der Waals surface area contributed by atoms with Crippen LogP contribution in [-0.4, -0.2) is 12.6 Å². The zero-order chi connectivity index (χ0) is 19.4. The average Bonchev–Trinajstić information content (AvgIpc) is 2.68. The summed E-state index contributed by atoms with van der Waals surface area (Å²) in [4.78, 5) is 12.9. The third-order valence-corrected chi connectivity index (χ3v) is 4.68. The van der Waals surface area contributed by atoms with Crippen molar-refractivity contribution in [1.82, 2.24) is 0 Å². The molecule has 5 nitrogen and oxygen atoms in total. The van der Waals surface area contributed by atoms with E-state index in [-0.39, 0.29) is 23.6 Å². The normalized spacial score (nSPS) is 16.6. The zero-order valence-corrected chi connectivity index (χ0v) is 16.2. The molecule has 1 heterocycles. The van der Waals surface area contributed by atoms with Crippen LogP contribution >= 0.6 is 15.9 Å². The molecule has 27 heavy (non-hydrogen) atoms. The third kappa shape index (κ3) is 3.74. The molecule has 2 N–H and O–H groups in total. The van der Waals surface area contributed by atoms with Crippen LogP contribution in [0.4, 0.5) is 0 Å². The van der Waals surface area contributed by atoms with Crippen molar-refractivity contribution < 1.29 is 14.3 Å². The minimum absolute atomic E-state index is 0.0164. The topological polar surface area (TPSA) is 85.3 Å². The number of nitrogens with two attached hydrogens (primary N) is 1. The number of hydrogen-bond acceptors (Lipinski definition) is 5. The number of ether oxygens (including phenoxy) is 2. The molecule has 0 aliphatic carbocycles. The highest BCUT2D eigenvalue weighted by Gasteiger charge is 2.38. The van der Waals surface area contributed by atoms with E-state index < -0.39 is 11.9 Å². The number of nitriles is 1. The molecule has 0 bridgehead atoms. The first-order valence-electron chi connectivity index (χ1n) is 8.36. The van der Waals surface area contributed by atoms with E-state index in [0.717, 1.165) is 10.0 Å². The predicted molar refractivity (Wildman–Crippen MR) is 105 cm³/mol. The van der Waals surface area contributed by atoms with Crippen molar-refractivity contribution in [2.45, 2.75) is 12.8 Å². The summed E-state index contributed by atoms with van der Waals surface area (Å²) in [6.07, 6.45) is 0. The molecule has 136 valence electrons. The lowest BCUT2D eigenvalue weighted by atomic mass is 9.82. The summed E-state index contributed by atoms with van der Waals surface area (Å²) in [7, 11) is 0. The summed E-state index contributed by atoms with van der Waals surface area (Å²) < 4.78 is 11.9. The molecule has 1 aliphatic heterocycles. The largest absolute Gasteiger partial charge is 0.463 e. The fourth-order valence-corrected chi connectivity index (χ4v) is 3.23. The molecule has 0 spiro atoms. The van der Waals surface area contributed by atoms with Gasteiger partial charge in [-0.15, -0.1) is 0 Å². The van der Waals surface area contributed by atoms with Gasteiger partial charge in [-0.3, -0.25) is 0 Å². The van der Waals surface area contributed by atoms with Gasteiger partial charge in [-0.2, -0.15) is 5.26 Å². The van der Waals surface area contributed by atoms with Gasteiger partial charge in [0.2, 0.25) is 5.88 Å². The Morgan fingerprint density at radius 3 is 2.48 bits per heavy atom. The maximum Gasteiger partial charge on any atom is 0.338 e. The van der Waals surface area contributed by atoms with Gasteiger partial charge in [0.05, 0.1) is 18.1 Å². The minimum Gasteiger partial charge on any atom is -0.463 e. The number of esters is 1. The van der Waals surface area contributed by atoms with Crippen LogP contribution in [-0.2, 0) is 14.3 Å². The maximum atomic E-state index is 12.9. The van der Waals surface area contributed by atoms with Gasteiger partial charge >= 0.3 is 5.97 Å². The van der Waals surface area contributed by atoms with Crippen LogP contribution < -0.4 is 5.73 Å². The third-order valence-electron chi connectivity index (χ3n) is 4.15. The Morgan fingerprint density at radius 1 is 1.22 bits per heavy atom. The number of hydrogen-bond donors (Lipinski definition) is 1. The summed E-state index contributed by atoms with van der Waals surface area (Å²) in [6, 6.07) is 18.6. The van der Waals surface area contributed by atoms with Crippen LogP contribution in [0.5, 0.6) is 0 Å². The predicted octanol–water partition coefficient (Wildman–Crippen LogP) is 4.23. The Bertz CT molecular complexity index is 957. The Balaban J connectivity index is 2.26. The second-order valence-corrected chi connectivity index (χ2v) is 6.72. The maximum absolute atomic E-state index is 12.9. The summed E-state index contributed by atoms with van der Waals surface area (Å²) in [5, 5.41) is 9.68. The molecule has 3 rings (SSSR count). The first kappa shape index (κ1) is 18.7. The van der Waals surface area contributed by atoms with Gasteiger partial charge in [0.25, 0.3) is 0 Å². The van der Waals surface area contributed by atoms with Crippen LogP contribution in [0.15, 0.2) is 76.1 Å². The monoisotopic (exact) mass is 424 g/mol. The van der Waals surface area contributed by atoms with E-state index in [2.05, 4.69) is 22.0 Å². The average molecular weight is 425 g/mol. The first-order chi connectivity index (χ1) is 13.1. The highest BCUT2D eigenvalue weighted by atomic mass is 79.9. The van der Waals surface area contributed by atoms with Gasteiger partial charge in [0.1, 0.15) is 17.4 Å². The van der Waals surface area contributed by atoms with Crippen LogP contribution in [0.3, 0.4) is 0 Å². The molecule has 0 fully saturated rings. The molecule has 2 aromatic rings. The zero-order valence-electron chi connectivity index (χ0n) is 14.6. The van der Waals surface area contributed by atoms with Gasteiger partial charge in [0, 0.05) is 10.0 Å². The van der Waals surface area contributed by atoms with E-state index in [0.29, 0.717) is 11.3 Å². The van der Waals surface area contributed by atoms with E-state index in [1.165, 1.54) is 0 Å². The van der Waals surface area contributed by atoms with E-state index in [1.54, 1.807) is 6.92 Å². The molecule has 1 atom stereocenters. The van der Waals surface area contributed by atoms with Gasteiger partial charge in [-0.05, 0) is 24.6 Å². The lowest BCUT2D eigenvalue weighted by molar-refractivity contribution is -0.138. The summed E-state index contributed by atoms with van der Waals surface area (Å²) in [5.41, 5.74) is 7.92. The van der Waals surface area contributed by atoms with E-state index in [1.807, 2.05) is 54.6 Å². The van der Waals surface area contributed by atoms with Crippen molar-refractivity contribution in [3.63, 3.8) is 0 Å². The molecule has 1 aliphatic rings. The lowest BCUT2D eigenvalue weighted by Crippen LogP contribution is -2.25. The number of benzene rings is 2. The Morgan fingerprint density at radius 2 is 1.89 bits per heavy atom. The highest BCUT2D eigenvalue weighted by Crippen LogP contribution is 2.42. The quantitative estimate of drug-likeness (QED) is 0.741. The van der Waals surface area contributed by atoms with Crippen molar-refractivity contribution in [2.75, 3.05) is 6.61 Å². The molecular weight excluding hydrogens is 408 g/mol. The molecule has 0 aromatic heterocycles. The summed E-state index contributed by atoms with van der Waals surface area (Å²) in [6.45, 7) is 1.94. The molecule has 0 saturated heterocycles. The fourth-order valence-electron chi connectivity index (χ4n) is 2.97. The van der Waals surface area contributed by atoms with Crippen molar-refractivity contribution >= 4 is 27.7 Å². The molecule has 2 aromatic carbocycles. The second-order valence-electron chi connectivity index (χ2n) is 5.81. The molecular formula is C21H17BrN2O3. The summed E-state index contributed by atoms with van der Waals surface area (Å²) >= 11 is 3.40. The number of carbonyl (C=O) groups excluding carboxylic acids is 1. The van der Waals surface area contributed by atoms with Gasteiger partial charge in [-0.1, -0.05) is 58.4 Å². The van der Waals surface area contributed by atoms with Crippen LogP contribution in [0.25, 0.3) is 5.76 Å². The van der Waals surface area contributed by atoms with Crippen LogP contribution in [0, 0.1) is 11.3 Å². The first-order valence-corrected chi connectivity index (χ1v) is 9.15. The number of nitrogens with zero attached hydrogens (tertiary/aromatic N) is 1. The van der Waals surface area contributed by atoms with Gasteiger partial charge in [-0.25, -0.2) is 4.79 Å². The Hall–Kier alpha value is -3.04. The fraction of sp³-hybridized carbons (Fsp3) is 0.143. The Labute approximate surface area is 165 Å². The van der Waals surface area contributed by atoms with Crippen molar-refractivity contribution in [2.24, 2.45) is 5.73 Å². The molecule has 0 saturated carbocycles. The van der Waals surface area contributed by atoms with E-state index in [4.69, 9.17) is 15.2 Å². The summed E-state index contributed by atoms with van der Waals surface area (Å²) in [5.74, 6) is -0.925. The van der Waals surface area contributed by atoms with Gasteiger partial charge < -0.3 is 15.2 Å². The number of halogens is 1.